The van der Waals surface area contributed by atoms with Crippen molar-refractivity contribution in [2.75, 3.05) is 63.0 Å². The summed E-state index contributed by atoms with van der Waals surface area (Å²) in [6, 6.07) is 0. The quantitative estimate of drug-likeness (QED) is 0.854. The summed E-state index contributed by atoms with van der Waals surface area (Å²) in [6.45, 7) is 11.7. The van der Waals surface area contributed by atoms with E-state index in [9.17, 15) is 0 Å². The van der Waals surface area contributed by atoms with Gasteiger partial charge in [-0.05, 0) is 64.8 Å². The maximum absolute atomic E-state index is 5.82. The fourth-order valence-corrected chi connectivity index (χ4v) is 3.86. The number of aromatic nitrogens is 2. The number of nitrogen functional groups attached to an aromatic ring is 1. The zero-order valence-corrected chi connectivity index (χ0v) is 15.1. The fraction of sp³-hybridized carbons (Fsp3) is 0.778. The summed E-state index contributed by atoms with van der Waals surface area (Å²) in [4.78, 5) is 16.3. The maximum Gasteiger partial charge on any atom is 0.221 e. The van der Waals surface area contributed by atoms with Gasteiger partial charge < -0.3 is 20.4 Å². The number of nitrogens with zero attached hydrogens (tertiary/aromatic N) is 5. The van der Waals surface area contributed by atoms with Crippen LogP contribution in [0.15, 0.2) is 6.20 Å². The molecule has 2 fully saturated rings. The van der Waals surface area contributed by atoms with E-state index < -0.39 is 0 Å². The summed E-state index contributed by atoms with van der Waals surface area (Å²) in [5, 5.41) is 0. The molecule has 0 atom stereocenters. The minimum atomic E-state index is 0.383. The summed E-state index contributed by atoms with van der Waals surface area (Å²) in [7, 11) is 0. The molecule has 1 aromatic heterocycles. The van der Waals surface area contributed by atoms with Crippen LogP contribution in [-0.4, -0.2) is 72.1 Å². The molecule has 0 amide bonds. The van der Waals surface area contributed by atoms with Crippen molar-refractivity contribution in [1.82, 2.24) is 19.8 Å². The first-order valence-electron chi connectivity index (χ1n) is 9.57. The van der Waals surface area contributed by atoms with Crippen molar-refractivity contribution in [3.8, 4) is 0 Å². The first kappa shape index (κ1) is 17.4. The highest BCUT2D eigenvalue weighted by atomic mass is 15.3. The molecule has 0 aromatic carbocycles. The number of nitrogens with two attached hydrogens (primary N) is 1. The minimum absolute atomic E-state index is 0.383. The zero-order chi connectivity index (χ0) is 16.8. The number of aryl methyl sites for hydroxylation is 1. The number of likely N-dealkylation sites (tertiary alicyclic amines) is 1. The van der Waals surface area contributed by atoms with Gasteiger partial charge in [0.1, 0.15) is 5.82 Å². The Labute approximate surface area is 146 Å². The molecule has 0 unspecified atom stereocenters. The number of rotatable bonds is 6. The lowest BCUT2D eigenvalue weighted by atomic mass is 10.2. The van der Waals surface area contributed by atoms with Gasteiger partial charge in [-0.1, -0.05) is 6.92 Å². The van der Waals surface area contributed by atoms with E-state index in [1.807, 2.05) is 6.20 Å². The molecule has 6 heteroatoms. The lowest BCUT2D eigenvalue weighted by molar-refractivity contribution is 0.257. The Morgan fingerprint density at radius 3 is 2.42 bits per heavy atom. The molecule has 134 valence electrons. The van der Waals surface area contributed by atoms with E-state index in [-0.39, 0.29) is 0 Å². The van der Waals surface area contributed by atoms with E-state index in [0.717, 1.165) is 31.9 Å². The van der Waals surface area contributed by atoms with Crippen LogP contribution in [0.2, 0.25) is 0 Å². The van der Waals surface area contributed by atoms with E-state index in [4.69, 9.17) is 5.73 Å². The normalized spacial score (nSPS) is 20.5. The molecular formula is C18H32N6. The van der Waals surface area contributed by atoms with Crippen molar-refractivity contribution in [3.05, 3.63) is 11.8 Å². The SMILES string of the molecule is CCc1cnc(N)nc1N1CCCN(CCCN2CCCC2)CC1. The highest BCUT2D eigenvalue weighted by molar-refractivity contribution is 5.48. The zero-order valence-electron chi connectivity index (χ0n) is 15.1. The van der Waals surface area contributed by atoms with Gasteiger partial charge in [-0.3, -0.25) is 0 Å². The third-order valence-corrected chi connectivity index (χ3v) is 5.28. The number of anilines is 2. The second kappa shape index (κ2) is 8.62. The predicted molar refractivity (Wildman–Crippen MR) is 99.4 cm³/mol. The molecule has 3 rings (SSSR count). The summed E-state index contributed by atoms with van der Waals surface area (Å²) in [5.41, 5.74) is 7.02. The molecule has 2 saturated heterocycles. The van der Waals surface area contributed by atoms with Gasteiger partial charge in [0.15, 0.2) is 0 Å². The highest BCUT2D eigenvalue weighted by Crippen LogP contribution is 2.20. The summed E-state index contributed by atoms with van der Waals surface area (Å²) >= 11 is 0. The van der Waals surface area contributed by atoms with E-state index in [0.29, 0.717) is 5.95 Å². The molecule has 2 aliphatic rings. The Morgan fingerprint density at radius 1 is 0.958 bits per heavy atom. The van der Waals surface area contributed by atoms with Crippen molar-refractivity contribution in [2.45, 2.75) is 39.0 Å². The molecule has 24 heavy (non-hydrogen) atoms. The predicted octanol–water partition coefficient (Wildman–Crippen LogP) is 1.62. The molecule has 0 spiro atoms. The maximum atomic E-state index is 5.82. The highest BCUT2D eigenvalue weighted by Gasteiger charge is 2.19. The monoisotopic (exact) mass is 332 g/mol. The lowest BCUT2D eigenvalue weighted by Crippen LogP contribution is -2.33. The molecular weight excluding hydrogens is 300 g/mol. The largest absolute Gasteiger partial charge is 0.368 e. The lowest BCUT2D eigenvalue weighted by Gasteiger charge is -2.25. The first-order valence-corrected chi connectivity index (χ1v) is 9.57. The van der Waals surface area contributed by atoms with Crippen molar-refractivity contribution >= 4 is 11.8 Å². The van der Waals surface area contributed by atoms with Crippen molar-refractivity contribution < 1.29 is 0 Å². The molecule has 2 aliphatic heterocycles. The Bertz CT molecular complexity index is 514. The molecule has 0 bridgehead atoms. The summed E-state index contributed by atoms with van der Waals surface area (Å²) in [6.07, 6.45) is 8.10. The standard InChI is InChI=1S/C18H32N6/c1-2-16-15-20-18(19)21-17(16)24-12-6-11-23(13-14-24)10-5-9-22-7-3-4-8-22/h15H,2-14H2,1H3,(H2,19,20,21). The first-order chi connectivity index (χ1) is 11.8. The molecule has 6 nitrogen and oxygen atoms in total. The molecule has 0 radical (unpaired) electrons. The minimum Gasteiger partial charge on any atom is -0.368 e. The van der Waals surface area contributed by atoms with Gasteiger partial charge >= 0.3 is 0 Å². The topological polar surface area (TPSA) is 61.5 Å². The van der Waals surface area contributed by atoms with E-state index in [1.54, 1.807) is 0 Å². The van der Waals surface area contributed by atoms with Crippen LogP contribution in [0.1, 0.15) is 38.2 Å². The van der Waals surface area contributed by atoms with Gasteiger partial charge in [-0.15, -0.1) is 0 Å². The molecule has 1 aromatic rings. The molecule has 3 heterocycles. The van der Waals surface area contributed by atoms with Gasteiger partial charge in [0.05, 0.1) is 0 Å². The average Bonchev–Trinajstić information content (AvgIpc) is 2.99. The number of hydrogen-bond donors (Lipinski definition) is 1. The van der Waals surface area contributed by atoms with Crippen molar-refractivity contribution in [1.29, 1.82) is 0 Å². The summed E-state index contributed by atoms with van der Waals surface area (Å²) < 4.78 is 0. The van der Waals surface area contributed by atoms with Crippen LogP contribution in [0, 0.1) is 0 Å². The second-order valence-electron chi connectivity index (χ2n) is 7.02. The van der Waals surface area contributed by atoms with Gasteiger partial charge in [-0.25, -0.2) is 4.98 Å². The third kappa shape index (κ3) is 4.57. The smallest absolute Gasteiger partial charge is 0.221 e. The second-order valence-corrected chi connectivity index (χ2v) is 7.02. The van der Waals surface area contributed by atoms with Crippen molar-refractivity contribution in [3.63, 3.8) is 0 Å². The molecule has 0 saturated carbocycles. The Kier molecular flexibility index (Phi) is 6.26. The van der Waals surface area contributed by atoms with Crippen LogP contribution in [0.25, 0.3) is 0 Å². The van der Waals surface area contributed by atoms with Crippen LogP contribution >= 0.6 is 0 Å². The van der Waals surface area contributed by atoms with E-state index in [1.165, 1.54) is 64.0 Å². The van der Waals surface area contributed by atoms with Gasteiger partial charge in [0, 0.05) is 31.4 Å². The van der Waals surface area contributed by atoms with Crippen LogP contribution in [0.3, 0.4) is 0 Å². The van der Waals surface area contributed by atoms with E-state index in [2.05, 4.69) is 31.6 Å². The van der Waals surface area contributed by atoms with Crippen LogP contribution in [0.5, 0.6) is 0 Å². The van der Waals surface area contributed by atoms with Gasteiger partial charge in [0.25, 0.3) is 0 Å². The van der Waals surface area contributed by atoms with Crippen molar-refractivity contribution in [2.24, 2.45) is 0 Å². The summed E-state index contributed by atoms with van der Waals surface area (Å²) in [5.74, 6) is 1.43. The van der Waals surface area contributed by atoms with E-state index >= 15 is 0 Å². The van der Waals surface area contributed by atoms with Crippen LogP contribution < -0.4 is 10.6 Å². The third-order valence-electron chi connectivity index (χ3n) is 5.28. The Balaban J connectivity index is 1.50. The Hall–Kier alpha value is -1.40. The van der Waals surface area contributed by atoms with Crippen LogP contribution in [0.4, 0.5) is 11.8 Å². The average molecular weight is 332 g/mol. The van der Waals surface area contributed by atoms with Gasteiger partial charge in [0.2, 0.25) is 5.95 Å². The molecule has 2 N–H and O–H groups in total. The number of hydrogen-bond acceptors (Lipinski definition) is 6. The van der Waals surface area contributed by atoms with Crippen LogP contribution in [-0.2, 0) is 6.42 Å². The fourth-order valence-electron chi connectivity index (χ4n) is 3.86. The Morgan fingerprint density at radius 2 is 1.67 bits per heavy atom. The van der Waals surface area contributed by atoms with Gasteiger partial charge in [-0.2, -0.15) is 4.98 Å². The molecule has 0 aliphatic carbocycles.